The monoisotopic (exact) mass is 299 g/mol. The molecule has 0 saturated heterocycles. The predicted octanol–water partition coefficient (Wildman–Crippen LogP) is 4.61. The van der Waals surface area contributed by atoms with E-state index in [1.54, 1.807) is 0 Å². The van der Waals surface area contributed by atoms with Crippen LogP contribution < -0.4 is 0 Å². The molecule has 4 rings (SSSR count). The molecule has 0 spiro atoms. The summed E-state index contributed by atoms with van der Waals surface area (Å²) < 4.78 is 0. The van der Waals surface area contributed by atoms with E-state index in [1.165, 1.54) is 0 Å². The maximum atomic E-state index is 11.7. The van der Waals surface area contributed by atoms with Gasteiger partial charge < -0.3 is 4.98 Å². The van der Waals surface area contributed by atoms with E-state index in [4.69, 9.17) is 0 Å². The number of aromatic amines is 1. The van der Waals surface area contributed by atoms with Gasteiger partial charge in [-0.05, 0) is 23.3 Å². The fourth-order valence-electron chi connectivity index (χ4n) is 3.13. The fourth-order valence-corrected chi connectivity index (χ4v) is 3.13. The number of benzene rings is 3. The summed E-state index contributed by atoms with van der Waals surface area (Å²) in [7, 11) is 0. The van der Waals surface area contributed by atoms with Crippen molar-refractivity contribution in [1.82, 2.24) is 4.98 Å². The van der Waals surface area contributed by atoms with Crippen molar-refractivity contribution < 1.29 is 9.59 Å². The van der Waals surface area contributed by atoms with Crippen molar-refractivity contribution in [2.75, 3.05) is 0 Å². The SMILES string of the molecule is O=Cc1c(-c2ccccc2)cc2c([nH]c3ccccc32)c1C=O. The summed E-state index contributed by atoms with van der Waals surface area (Å²) in [4.78, 5) is 26.6. The summed E-state index contributed by atoms with van der Waals surface area (Å²) in [5, 5.41) is 1.99. The smallest absolute Gasteiger partial charge is 0.152 e. The Labute approximate surface area is 132 Å². The maximum Gasteiger partial charge on any atom is 0.152 e. The molecule has 1 heterocycles. The summed E-state index contributed by atoms with van der Waals surface area (Å²) in [6.07, 6.45) is 1.52. The van der Waals surface area contributed by atoms with Gasteiger partial charge in [0.05, 0.1) is 5.52 Å². The summed E-state index contributed by atoms with van der Waals surface area (Å²) in [6, 6.07) is 19.5. The van der Waals surface area contributed by atoms with Gasteiger partial charge in [-0.2, -0.15) is 0 Å². The van der Waals surface area contributed by atoms with Gasteiger partial charge in [0.15, 0.2) is 12.6 Å². The van der Waals surface area contributed by atoms with Crippen LogP contribution in [0.1, 0.15) is 20.7 Å². The molecule has 0 fully saturated rings. The van der Waals surface area contributed by atoms with Crippen molar-refractivity contribution in [3.05, 3.63) is 71.8 Å². The second-order valence-corrected chi connectivity index (χ2v) is 5.45. The van der Waals surface area contributed by atoms with E-state index < -0.39 is 0 Å². The van der Waals surface area contributed by atoms with E-state index in [0.29, 0.717) is 16.6 Å². The molecule has 23 heavy (non-hydrogen) atoms. The third-order valence-corrected chi connectivity index (χ3v) is 4.21. The number of aromatic nitrogens is 1. The summed E-state index contributed by atoms with van der Waals surface area (Å²) in [5.74, 6) is 0. The molecular weight excluding hydrogens is 286 g/mol. The highest BCUT2D eigenvalue weighted by atomic mass is 16.1. The van der Waals surface area contributed by atoms with E-state index in [2.05, 4.69) is 4.98 Å². The van der Waals surface area contributed by atoms with E-state index in [1.807, 2.05) is 60.7 Å². The minimum atomic E-state index is 0.410. The fraction of sp³-hybridized carbons (Fsp3) is 0. The van der Waals surface area contributed by atoms with Crippen LogP contribution in [-0.2, 0) is 0 Å². The van der Waals surface area contributed by atoms with Gasteiger partial charge in [-0.3, -0.25) is 9.59 Å². The zero-order valence-corrected chi connectivity index (χ0v) is 12.2. The largest absolute Gasteiger partial charge is 0.354 e. The molecule has 1 aromatic heterocycles. The first-order valence-electron chi connectivity index (χ1n) is 7.36. The molecule has 3 heteroatoms. The van der Waals surface area contributed by atoms with Crippen molar-refractivity contribution in [3.8, 4) is 11.1 Å². The van der Waals surface area contributed by atoms with Gasteiger partial charge in [-0.1, -0.05) is 48.5 Å². The second kappa shape index (κ2) is 5.21. The molecule has 3 aromatic carbocycles. The Balaban J connectivity index is 2.20. The minimum Gasteiger partial charge on any atom is -0.354 e. The van der Waals surface area contributed by atoms with Crippen LogP contribution in [0.25, 0.3) is 32.9 Å². The summed E-state index contributed by atoms with van der Waals surface area (Å²) in [6.45, 7) is 0. The number of H-pyrrole nitrogens is 1. The Hall–Kier alpha value is -3.20. The van der Waals surface area contributed by atoms with Crippen LogP contribution in [-0.4, -0.2) is 17.6 Å². The summed E-state index contributed by atoms with van der Waals surface area (Å²) >= 11 is 0. The third-order valence-electron chi connectivity index (χ3n) is 4.21. The van der Waals surface area contributed by atoms with Gasteiger partial charge in [0.1, 0.15) is 0 Å². The first-order chi connectivity index (χ1) is 11.3. The highest BCUT2D eigenvalue weighted by molar-refractivity contribution is 6.17. The zero-order chi connectivity index (χ0) is 15.8. The lowest BCUT2D eigenvalue weighted by molar-refractivity contribution is 0.109. The predicted molar refractivity (Wildman–Crippen MR) is 92.0 cm³/mol. The van der Waals surface area contributed by atoms with Gasteiger partial charge in [-0.15, -0.1) is 0 Å². The molecule has 0 unspecified atom stereocenters. The number of carbonyl (C=O) groups is 2. The van der Waals surface area contributed by atoms with Gasteiger partial charge in [-0.25, -0.2) is 0 Å². The molecule has 0 aliphatic heterocycles. The first kappa shape index (κ1) is 13.5. The lowest BCUT2D eigenvalue weighted by Gasteiger charge is -2.09. The number of hydrogen-bond acceptors (Lipinski definition) is 2. The first-order valence-corrected chi connectivity index (χ1v) is 7.36. The summed E-state index contributed by atoms with van der Waals surface area (Å²) in [5.41, 5.74) is 4.19. The van der Waals surface area contributed by atoms with Crippen molar-refractivity contribution in [3.63, 3.8) is 0 Å². The highest BCUT2D eigenvalue weighted by Gasteiger charge is 2.17. The van der Waals surface area contributed by atoms with Crippen LogP contribution in [0.2, 0.25) is 0 Å². The molecule has 0 aliphatic rings. The topological polar surface area (TPSA) is 49.9 Å². The molecule has 0 atom stereocenters. The number of carbonyl (C=O) groups excluding carboxylic acids is 2. The molecule has 0 radical (unpaired) electrons. The van der Waals surface area contributed by atoms with Gasteiger partial charge in [0.2, 0.25) is 0 Å². The van der Waals surface area contributed by atoms with Crippen LogP contribution >= 0.6 is 0 Å². The molecule has 0 aliphatic carbocycles. The molecule has 0 amide bonds. The van der Waals surface area contributed by atoms with Gasteiger partial charge in [0.25, 0.3) is 0 Å². The average molecular weight is 299 g/mol. The Morgan fingerprint density at radius 2 is 1.43 bits per heavy atom. The molecule has 0 saturated carbocycles. The molecule has 110 valence electrons. The van der Waals surface area contributed by atoms with E-state index in [0.717, 1.165) is 40.0 Å². The lowest BCUT2D eigenvalue weighted by atomic mass is 9.93. The van der Waals surface area contributed by atoms with Gasteiger partial charge >= 0.3 is 0 Å². The second-order valence-electron chi connectivity index (χ2n) is 5.45. The van der Waals surface area contributed by atoms with Crippen molar-refractivity contribution in [1.29, 1.82) is 0 Å². The van der Waals surface area contributed by atoms with E-state index in [-0.39, 0.29) is 0 Å². The minimum absolute atomic E-state index is 0.410. The molecule has 3 nitrogen and oxygen atoms in total. The van der Waals surface area contributed by atoms with Crippen LogP contribution in [0, 0.1) is 0 Å². The number of fused-ring (bicyclic) bond motifs is 3. The zero-order valence-electron chi connectivity index (χ0n) is 12.2. The van der Waals surface area contributed by atoms with E-state index >= 15 is 0 Å². The normalized spacial score (nSPS) is 11.0. The van der Waals surface area contributed by atoms with Crippen molar-refractivity contribution >= 4 is 34.4 Å². The number of hydrogen-bond donors (Lipinski definition) is 1. The lowest BCUT2D eigenvalue weighted by Crippen LogP contribution is -1.96. The highest BCUT2D eigenvalue weighted by Crippen LogP contribution is 2.34. The standard InChI is InChI=1S/C20H13NO2/c22-11-17-15(13-6-2-1-3-7-13)10-16-14-8-4-5-9-19(14)21-20(16)18(17)12-23/h1-12,21H. The van der Waals surface area contributed by atoms with Crippen LogP contribution in [0.5, 0.6) is 0 Å². The quantitative estimate of drug-likeness (QED) is 0.561. The number of nitrogens with one attached hydrogen (secondary N) is 1. The average Bonchev–Trinajstić information content (AvgIpc) is 2.99. The number of para-hydroxylation sites is 1. The number of rotatable bonds is 3. The molecule has 0 bridgehead atoms. The van der Waals surface area contributed by atoms with Crippen LogP contribution in [0.4, 0.5) is 0 Å². The van der Waals surface area contributed by atoms with Crippen LogP contribution in [0.15, 0.2) is 60.7 Å². The molecular formula is C20H13NO2. The Bertz CT molecular complexity index is 1050. The number of aldehydes is 2. The Morgan fingerprint density at radius 3 is 2.17 bits per heavy atom. The van der Waals surface area contributed by atoms with Gasteiger partial charge in [0, 0.05) is 27.4 Å². The molecule has 4 aromatic rings. The van der Waals surface area contributed by atoms with E-state index in [9.17, 15) is 9.59 Å². The van der Waals surface area contributed by atoms with Crippen molar-refractivity contribution in [2.24, 2.45) is 0 Å². The Morgan fingerprint density at radius 1 is 0.739 bits per heavy atom. The van der Waals surface area contributed by atoms with Crippen LogP contribution in [0.3, 0.4) is 0 Å². The third kappa shape index (κ3) is 1.98. The molecule has 1 N–H and O–H groups in total. The van der Waals surface area contributed by atoms with Crippen molar-refractivity contribution in [2.45, 2.75) is 0 Å². The Kier molecular flexibility index (Phi) is 3.05. The maximum absolute atomic E-state index is 11.7.